The van der Waals surface area contributed by atoms with Crippen molar-refractivity contribution in [3.8, 4) is 0 Å². The van der Waals surface area contributed by atoms with E-state index in [1.165, 1.54) is 16.7 Å². The first-order valence-corrected chi connectivity index (χ1v) is 24.2. The Balaban J connectivity index is 0.000000265. The molecule has 0 fully saturated rings. The standard InChI is InChI=1S/C27H33I.C24BF20/c1-25(2,22-16-10-7-11-17-22)28(26(3,4)23-18-12-8-13-19-23)27(5,6)24-20-14-9-15-21-24;26-5-1(6(27)14(35)21(42)13(5)34)25(2-7(28)15(36)22(43)16(37)8(2)29,3-9(30)17(38)23(44)18(39)10(3)31)4-11(32)19(40)24(45)20(41)12(4)33/h7-21H,1-6H3;/q;-1. The van der Waals surface area contributed by atoms with Crippen molar-refractivity contribution in [2.24, 2.45) is 0 Å². The molecule has 0 aliphatic carbocycles. The number of hydrogen-bond donors (Lipinski definition) is 0. The molecule has 22 heteroatoms. The van der Waals surface area contributed by atoms with Gasteiger partial charge >= 0.3 is 179 Å². The number of hydrogen-bond acceptors (Lipinski definition) is 0. The fourth-order valence-corrected chi connectivity index (χ4v) is 22.5. The molecule has 7 aromatic carbocycles. The van der Waals surface area contributed by atoms with E-state index in [4.69, 9.17) is 0 Å². The molecule has 0 nitrogen and oxygen atoms in total. The van der Waals surface area contributed by atoms with Gasteiger partial charge in [-0.2, -0.15) is 0 Å². The summed E-state index contributed by atoms with van der Waals surface area (Å²) in [5, 5.41) is 0. The Kier molecular flexibility index (Phi) is 15.7. The van der Waals surface area contributed by atoms with Gasteiger partial charge in [-0.05, 0) is 0 Å². The van der Waals surface area contributed by atoms with Crippen molar-refractivity contribution >= 4 is 47.8 Å². The molecule has 0 bridgehead atoms. The summed E-state index contributed by atoms with van der Waals surface area (Å²) >= 11 is -1.79. The van der Waals surface area contributed by atoms with Crippen LogP contribution in [0.5, 0.6) is 0 Å². The fraction of sp³-hybridized carbons (Fsp3) is 0.176. The van der Waals surface area contributed by atoms with E-state index in [0.29, 0.717) is 0 Å². The second kappa shape index (κ2) is 20.3. The van der Waals surface area contributed by atoms with Crippen molar-refractivity contribution in [1.82, 2.24) is 0 Å². The Bertz CT molecular complexity index is 2750. The van der Waals surface area contributed by atoms with Gasteiger partial charge in [-0.1, -0.05) is 0 Å². The maximum Gasteiger partial charge on any atom is 0.200 e. The van der Waals surface area contributed by atoms with Crippen LogP contribution < -0.4 is 21.9 Å². The van der Waals surface area contributed by atoms with E-state index in [2.05, 4.69) is 133 Å². The Morgan fingerprint density at radius 3 is 0.521 bits per heavy atom. The summed E-state index contributed by atoms with van der Waals surface area (Å²) in [5.74, 6) is -71.4. The van der Waals surface area contributed by atoms with Crippen LogP contribution in [0.2, 0.25) is 0 Å². The Morgan fingerprint density at radius 1 is 0.233 bits per heavy atom. The second-order valence-electron chi connectivity index (χ2n) is 17.6. The summed E-state index contributed by atoms with van der Waals surface area (Å²) in [6.07, 6.45) is -7.22. The molecule has 0 aromatic heterocycles. The summed E-state index contributed by atoms with van der Waals surface area (Å²) in [5.41, 5.74) is -9.93. The maximum absolute atomic E-state index is 15.4. The van der Waals surface area contributed by atoms with E-state index >= 15 is 35.1 Å². The van der Waals surface area contributed by atoms with E-state index in [1.54, 1.807) is 0 Å². The minimum Gasteiger partial charge on any atom is -0.207 e. The molecule has 7 rings (SSSR count). The monoisotopic (exact) mass is 1160 g/mol. The molecule has 0 amide bonds. The normalized spacial score (nSPS) is 12.5. The van der Waals surface area contributed by atoms with Crippen LogP contribution in [0.4, 0.5) is 87.8 Å². The Morgan fingerprint density at radius 2 is 0.370 bits per heavy atom. The average molecular weight is 1160 g/mol. The van der Waals surface area contributed by atoms with Crippen LogP contribution >= 0.6 is 19.8 Å². The fourth-order valence-electron chi connectivity index (χ4n) is 9.48. The largest absolute Gasteiger partial charge is 0.207 e. The summed E-state index contributed by atoms with van der Waals surface area (Å²) in [4.78, 5) is 0. The van der Waals surface area contributed by atoms with Crippen LogP contribution in [0.25, 0.3) is 0 Å². The van der Waals surface area contributed by atoms with Crippen LogP contribution in [0.1, 0.15) is 58.2 Å². The Labute approximate surface area is 410 Å². The van der Waals surface area contributed by atoms with Crippen molar-refractivity contribution in [3.05, 3.63) is 224 Å². The van der Waals surface area contributed by atoms with Gasteiger partial charge in [-0.25, -0.2) is 87.8 Å². The molecule has 0 atom stereocenters. The molecule has 7 aromatic rings. The predicted molar refractivity (Wildman–Crippen MR) is 242 cm³/mol. The molecular formula is C51H33BF20I-. The molecule has 0 aliphatic rings. The van der Waals surface area contributed by atoms with E-state index in [-0.39, 0.29) is 10.3 Å². The quantitative estimate of drug-likeness (QED) is 0.0320. The van der Waals surface area contributed by atoms with E-state index < -0.39 is 164 Å². The summed E-state index contributed by atoms with van der Waals surface area (Å²) in [6.45, 7) is 14.9. The van der Waals surface area contributed by atoms with Crippen molar-refractivity contribution in [2.75, 3.05) is 0 Å². The molecule has 0 radical (unpaired) electrons. The van der Waals surface area contributed by atoms with Crippen LogP contribution in [0.3, 0.4) is 0 Å². The molecule has 0 saturated heterocycles. The number of alkyl halides is 3. The number of benzene rings is 7. The molecule has 0 saturated carbocycles. The third-order valence-electron chi connectivity index (χ3n) is 12.5. The van der Waals surface area contributed by atoms with Gasteiger partial charge in [0.05, 0.1) is 0 Å². The first kappa shape index (κ1) is 56.2. The van der Waals surface area contributed by atoms with Crippen molar-refractivity contribution < 1.29 is 87.8 Å². The van der Waals surface area contributed by atoms with Crippen LogP contribution in [0.15, 0.2) is 91.0 Å². The predicted octanol–water partition coefficient (Wildman–Crippen LogP) is 14.1. The average Bonchev–Trinajstić information content (AvgIpc) is 3.37. The first-order valence-electron chi connectivity index (χ1n) is 21.0. The molecular weight excluding hydrogens is 1130 g/mol. The van der Waals surface area contributed by atoms with Crippen LogP contribution in [0, 0.1) is 116 Å². The maximum atomic E-state index is 15.4. The van der Waals surface area contributed by atoms with E-state index in [9.17, 15) is 52.7 Å². The molecule has 73 heavy (non-hydrogen) atoms. The van der Waals surface area contributed by atoms with Crippen molar-refractivity contribution in [1.29, 1.82) is 0 Å². The smallest absolute Gasteiger partial charge is 0.200 e. The minimum atomic E-state index is -7.22. The van der Waals surface area contributed by atoms with Gasteiger partial charge in [-0.15, -0.1) is 21.9 Å². The van der Waals surface area contributed by atoms with Gasteiger partial charge in [-0.3, -0.25) is 0 Å². The zero-order chi connectivity index (χ0) is 54.8. The SMILES string of the molecule is CC(C)(c1ccccc1)I(C(C)(C)c1ccccc1)C(C)(C)c1ccccc1.Fc1c(F)c(F)c([B-](c2c(F)c(F)c(F)c(F)c2F)(c2c(F)c(F)c(F)c(F)c2F)c2c(F)c(F)c(F)c(F)c2F)c(F)c1F. The molecule has 0 unspecified atom stereocenters. The first-order chi connectivity index (χ1) is 33.9. The zero-order valence-corrected chi connectivity index (χ0v) is 40.3. The van der Waals surface area contributed by atoms with E-state index in [0.717, 1.165) is 0 Å². The third kappa shape index (κ3) is 8.91. The topological polar surface area (TPSA) is 0 Å². The molecule has 0 aliphatic heterocycles. The van der Waals surface area contributed by atoms with Gasteiger partial charge in [0.2, 0.25) is 0 Å². The second-order valence-corrected chi connectivity index (χ2v) is 27.3. The molecule has 0 spiro atoms. The van der Waals surface area contributed by atoms with Gasteiger partial charge in [0, 0.05) is 0 Å². The summed E-state index contributed by atoms with van der Waals surface area (Å²) in [6, 6.07) is 33.5. The van der Waals surface area contributed by atoms with Gasteiger partial charge < -0.3 is 0 Å². The zero-order valence-electron chi connectivity index (χ0n) is 38.2. The van der Waals surface area contributed by atoms with Crippen molar-refractivity contribution in [3.63, 3.8) is 0 Å². The number of halogens is 21. The van der Waals surface area contributed by atoms with Gasteiger partial charge in [0.15, 0.2) is 69.8 Å². The third-order valence-corrected chi connectivity index (χ3v) is 22.5. The molecule has 0 heterocycles. The molecule has 0 N–H and O–H groups in total. The van der Waals surface area contributed by atoms with E-state index in [1.807, 2.05) is 0 Å². The summed E-state index contributed by atoms with van der Waals surface area (Å²) < 4.78 is 294. The Hall–Kier alpha value is -6.07. The summed E-state index contributed by atoms with van der Waals surface area (Å²) in [7, 11) is 0. The van der Waals surface area contributed by atoms with Crippen molar-refractivity contribution in [2.45, 2.75) is 51.8 Å². The molecule has 388 valence electrons. The van der Waals surface area contributed by atoms with Gasteiger partial charge in [0.1, 0.15) is 52.7 Å². The number of rotatable bonds is 10. The minimum absolute atomic E-state index is 0.143. The van der Waals surface area contributed by atoms with Crippen LogP contribution in [-0.2, 0) is 10.3 Å². The van der Waals surface area contributed by atoms with Gasteiger partial charge in [0.25, 0.3) is 0 Å². The van der Waals surface area contributed by atoms with Crippen LogP contribution in [-0.4, -0.2) is 6.15 Å².